The maximum absolute atomic E-state index is 12.0. The van der Waals surface area contributed by atoms with Gasteiger partial charge in [0.2, 0.25) is 10.0 Å². The van der Waals surface area contributed by atoms with Crippen molar-refractivity contribution >= 4 is 27.7 Å². The number of benzene rings is 2. The number of halogens is 1. The minimum Gasteiger partial charge on any atom is -0.338 e. The summed E-state index contributed by atoms with van der Waals surface area (Å²) in [7, 11) is -3.77. The summed E-state index contributed by atoms with van der Waals surface area (Å²) in [4.78, 5) is 12.0. The average molecular weight is 382 g/mol. The highest BCUT2D eigenvalue weighted by Gasteiger charge is 2.13. The zero-order chi connectivity index (χ0) is 18.4. The fourth-order valence-electron chi connectivity index (χ4n) is 2.30. The molecule has 0 aromatic heterocycles. The summed E-state index contributed by atoms with van der Waals surface area (Å²) >= 11 is 5.92. The van der Waals surface area contributed by atoms with Crippen LogP contribution in [0.5, 0.6) is 0 Å². The standard InChI is InChI=1S/C17H20ClN3O3S/c1-12(14-5-3-7-16(11-14)25(19,23)24)21-17(22)20-9-8-13-4-2-6-15(18)10-13/h2-7,10-12H,8-9H2,1H3,(H2,19,23,24)(H2,20,21,22). The fraction of sp³-hybridized carbons (Fsp3) is 0.235. The molecule has 0 aliphatic carbocycles. The van der Waals surface area contributed by atoms with E-state index >= 15 is 0 Å². The summed E-state index contributed by atoms with van der Waals surface area (Å²) in [6, 6.07) is 12.9. The van der Waals surface area contributed by atoms with Gasteiger partial charge >= 0.3 is 6.03 Å². The highest BCUT2D eigenvalue weighted by molar-refractivity contribution is 7.89. The van der Waals surface area contributed by atoms with E-state index in [2.05, 4.69) is 10.6 Å². The Morgan fingerprint density at radius 2 is 1.92 bits per heavy atom. The number of carbonyl (C=O) groups is 1. The van der Waals surface area contributed by atoms with Crippen molar-refractivity contribution in [2.45, 2.75) is 24.3 Å². The summed E-state index contributed by atoms with van der Waals surface area (Å²) in [5.74, 6) is 0. The third-order valence-electron chi connectivity index (χ3n) is 3.62. The fourth-order valence-corrected chi connectivity index (χ4v) is 3.09. The Hall–Kier alpha value is -2.09. The van der Waals surface area contributed by atoms with Crippen molar-refractivity contribution in [2.24, 2.45) is 5.14 Å². The lowest BCUT2D eigenvalue weighted by Gasteiger charge is -2.16. The number of hydrogen-bond acceptors (Lipinski definition) is 3. The van der Waals surface area contributed by atoms with Gasteiger partial charge in [-0.2, -0.15) is 0 Å². The Morgan fingerprint density at radius 1 is 1.20 bits per heavy atom. The van der Waals surface area contributed by atoms with E-state index in [4.69, 9.17) is 16.7 Å². The Balaban J connectivity index is 1.88. The van der Waals surface area contributed by atoms with E-state index in [1.54, 1.807) is 25.1 Å². The Kier molecular flexibility index (Phi) is 6.41. The number of primary sulfonamides is 1. The van der Waals surface area contributed by atoms with Crippen LogP contribution >= 0.6 is 11.6 Å². The van der Waals surface area contributed by atoms with Gasteiger partial charge in [-0.15, -0.1) is 0 Å². The van der Waals surface area contributed by atoms with Crippen molar-refractivity contribution in [2.75, 3.05) is 6.54 Å². The number of nitrogens with two attached hydrogens (primary N) is 1. The van der Waals surface area contributed by atoms with Crippen LogP contribution in [0.4, 0.5) is 4.79 Å². The Bertz CT molecular complexity index is 856. The molecule has 0 heterocycles. The maximum Gasteiger partial charge on any atom is 0.315 e. The van der Waals surface area contributed by atoms with Crippen LogP contribution in [0, 0.1) is 0 Å². The second kappa shape index (κ2) is 8.33. The molecule has 0 radical (unpaired) electrons. The van der Waals surface area contributed by atoms with Crippen LogP contribution in [0.25, 0.3) is 0 Å². The smallest absolute Gasteiger partial charge is 0.315 e. The van der Waals surface area contributed by atoms with Crippen molar-refractivity contribution in [3.63, 3.8) is 0 Å². The molecule has 1 atom stereocenters. The molecule has 0 fully saturated rings. The summed E-state index contributed by atoms with van der Waals surface area (Å²) in [5, 5.41) is 11.3. The monoisotopic (exact) mass is 381 g/mol. The number of carbonyl (C=O) groups excluding carboxylic acids is 1. The third-order valence-corrected chi connectivity index (χ3v) is 4.77. The Morgan fingerprint density at radius 3 is 2.60 bits per heavy atom. The number of sulfonamides is 1. The van der Waals surface area contributed by atoms with E-state index in [9.17, 15) is 13.2 Å². The number of urea groups is 1. The zero-order valence-corrected chi connectivity index (χ0v) is 15.3. The van der Waals surface area contributed by atoms with E-state index in [0.717, 1.165) is 5.56 Å². The molecule has 6 nitrogen and oxygen atoms in total. The van der Waals surface area contributed by atoms with Gasteiger partial charge in [0.25, 0.3) is 0 Å². The normalized spacial score (nSPS) is 12.4. The lowest BCUT2D eigenvalue weighted by Crippen LogP contribution is -2.38. The van der Waals surface area contributed by atoms with Crippen LogP contribution in [-0.2, 0) is 16.4 Å². The Labute approximate surface area is 152 Å². The topological polar surface area (TPSA) is 101 Å². The van der Waals surface area contributed by atoms with Gasteiger partial charge in [-0.3, -0.25) is 0 Å². The first-order chi connectivity index (χ1) is 11.8. The molecule has 0 bridgehead atoms. The van der Waals surface area contributed by atoms with E-state index in [1.807, 2.05) is 18.2 Å². The molecule has 0 aliphatic rings. The van der Waals surface area contributed by atoms with Crippen molar-refractivity contribution in [1.82, 2.24) is 10.6 Å². The molecule has 1 unspecified atom stereocenters. The third kappa shape index (κ3) is 6.04. The van der Waals surface area contributed by atoms with Crippen molar-refractivity contribution in [3.8, 4) is 0 Å². The second-order valence-corrected chi connectivity index (χ2v) is 7.62. The molecule has 0 saturated heterocycles. The first kappa shape index (κ1) is 19.2. The molecule has 134 valence electrons. The van der Waals surface area contributed by atoms with E-state index in [1.165, 1.54) is 12.1 Å². The summed E-state index contributed by atoms with van der Waals surface area (Å²) in [5.41, 5.74) is 1.68. The van der Waals surface area contributed by atoms with Crippen molar-refractivity contribution < 1.29 is 13.2 Å². The van der Waals surface area contributed by atoms with Crippen molar-refractivity contribution in [1.29, 1.82) is 0 Å². The lowest BCUT2D eigenvalue weighted by atomic mass is 10.1. The molecule has 2 aromatic rings. The molecule has 2 rings (SSSR count). The minimum absolute atomic E-state index is 0.0139. The first-order valence-electron chi connectivity index (χ1n) is 7.67. The van der Waals surface area contributed by atoms with Crippen LogP contribution < -0.4 is 15.8 Å². The van der Waals surface area contributed by atoms with E-state index in [0.29, 0.717) is 23.6 Å². The highest BCUT2D eigenvalue weighted by atomic mass is 35.5. The van der Waals surface area contributed by atoms with Crippen LogP contribution in [-0.4, -0.2) is 21.0 Å². The van der Waals surface area contributed by atoms with E-state index in [-0.39, 0.29) is 17.0 Å². The van der Waals surface area contributed by atoms with Crippen LogP contribution in [0.3, 0.4) is 0 Å². The number of hydrogen-bond donors (Lipinski definition) is 3. The summed E-state index contributed by atoms with van der Waals surface area (Å²) < 4.78 is 22.8. The van der Waals surface area contributed by atoms with Gasteiger partial charge in [0.1, 0.15) is 0 Å². The largest absolute Gasteiger partial charge is 0.338 e. The molecular formula is C17H20ClN3O3S. The quantitative estimate of drug-likeness (QED) is 0.716. The summed E-state index contributed by atoms with van der Waals surface area (Å²) in [6.45, 7) is 2.22. The number of rotatable bonds is 6. The van der Waals surface area contributed by atoms with Gasteiger partial charge in [-0.05, 0) is 48.7 Å². The SMILES string of the molecule is CC(NC(=O)NCCc1cccc(Cl)c1)c1cccc(S(N)(=O)=O)c1. The van der Waals surface area contributed by atoms with Gasteiger partial charge in [0.15, 0.2) is 0 Å². The molecule has 2 aromatic carbocycles. The predicted octanol–water partition coefficient (Wildman–Crippen LogP) is 2.59. The summed E-state index contributed by atoms with van der Waals surface area (Å²) in [6.07, 6.45) is 0.656. The molecule has 0 spiro atoms. The molecule has 2 amide bonds. The average Bonchev–Trinajstić information content (AvgIpc) is 2.54. The van der Waals surface area contributed by atoms with Gasteiger partial charge in [0, 0.05) is 11.6 Å². The van der Waals surface area contributed by atoms with E-state index < -0.39 is 10.0 Å². The molecule has 0 saturated carbocycles. The lowest BCUT2D eigenvalue weighted by molar-refractivity contribution is 0.238. The predicted molar refractivity (Wildman–Crippen MR) is 97.9 cm³/mol. The van der Waals surface area contributed by atoms with Gasteiger partial charge < -0.3 is 10.6 Å². The van der Waals surface area contributed by atoms with Crippen molar-refractivity contribution in [3.05, 3.63) is 64.7 Å². The van der Waals surface area contributed by atoms with Gasteiger partial charge in [-0.1, -0.05) is 35.9 Å². The number of nitrogens with one attached hydrogen (secondary N) is 2. The van der Waals surface area contributed by atoms with Gasteiger partial charge in [0.05, 0.1) is 10.9 Å². The molecule has 0 aliphatic heterocycles. The first-order valence-corrected chi connectivity index (χ1v) is 9.60. The second-order valence-electron chi connectivity index (χ2n) is 5.62. The van der Waals surface area contributed by atoms with Crippen LogP contribution in [0.2, 0.25) is 5.02 Å². The van der Waals surface area contributed by atoms with Crippen LogP contribution in [0.1, 0.15) is 24.1 Å². The van der Waals surface area contributed by atoms with Gasteiger partial charge in [-0.25, -0.2) is 18.4 Å². The zero-order valence-electron chi connectivity index (χ0n) is 13.7. The highest BCUT2D eigenvalue weighted by Crippen LogP contribution is 2.16. The maximum atomic E-state index is 12.0. The molecule has 4 N–H and O–H groups in total. The molecule has 25 heavy (non-hydrogen) atoms. The number of amides is 2. The molecular weight excluding hydrogens is 362 g/mol. The minimum atomic E-state index is -3.77. The van der Waals surface area contributed by atoms with Crippen LogP contribution in [0.15, 0.2) is 53.4 Å². The molecule has 8 heteroatoms.